The molecule has 1 aromatic heterocycles. The van der Waals surface area contributed by atoms with E-state index in [-0.39, 0.29) is 5.69 Å². The fourth-order valence-corrected chi connectivity index (χ4v) is 0.878. The molecule has 72 valence electrons. The van der Waals surface area contributed by atoms with Crippen molar-refractivity contribution in [1.29, 1.82) is 0 Å². The molecule has 0 amide bonds. The summed E-state index contributed by atoms with van der Waals surface area (Å²) in [6.07, 6.45) is 2.14. The number of halogens is 2. The lowest BCUT2D eigenvalue weighted by Crippen LogP contribution is -2.18. The van der Waals surface area contributed by atoms with Gasteiger partial charge >= 0.3 is 5.97 Å². The van der Waals surface area contributed by atoms with Gasteiger partial charge in [0.15, 0.2) is 5.69 Å². The molecule has 0 bridgehead atoms. The first-order valence-electron chi connectivity index (χ1n) is 3.51. The second kappa shape index (κ2) is 3.12. The van der Waals surface area contributed by atoms with Crippen molar-refractivity contribution in [2.24, 2.45) is 0 Å². The van der Waals surface area contributed by atoms with Crippen molar-refractivity contribution in [1.82, 2.24) is 9.55 Å². The summed E-state index contributed by atoms with van der Waals surface area (Å²) in [5.74, 6) is -4.09. The molecule has 0 fully saturated rings. The number of nitrogens with zero attached hydrogens (tertiary/aromatic N) is 2. The summed E-state index contributed by atoms with van der Waals surface area (Å²) >= 11 is 0. The van der Waals surface area contributed by atoms with E-state index in [1.54, 1.807) is 0 Å². The molecule has 0 aliphatic carbocycles. The molecule has 0 atom stereocenters. The first kappa shape index (κ1) is 9.63. The highest BCUT2D eigenvalue weighted by molar-refractivity contribution is 5.84. The lowest BCUT2D eigenvalue weighted by atomic mass is 10.4. The summed E-state index contributed by atoms with van der Waals surface area (Å²) in [6.45, 7) is 0.195. The van der Waals surface area contributed by atoms with Crippen molar-refractivity contribution >= 4 is 5.97 Å². The molecular formula is C7H8F2N2O2. The minimum absolute atomic E-state index is 0.232. The van der Waals surface area contributed by atoms with Gasteiger partial charge in [-0.3, -0.25) is 0 Å². The van der Waals surface area contributed by atoms with Gasteiger partial charge in [0, 0.05) is 13.1 Å². The maximum absolute atomic E-state index is 12.4. The van der Waals surface area contributed by atoms with Gasteiger partial charge in [0.05, 0.1) is 12.9 Å². The lowest BCUT2D eigenvalue weighted by molar-refractivity contribution is 0.00381. The van der Waals surface area contributed by atoms with Gasteiger partial charge in [-0.1, -0.05) is 0 Å². The molecule has 6 heteroatoms. The quantitative estimate of drug-likeness (QED) is 0.780. The summed E-state index contributed by atoms with van der Waals surface area (Å²) in [5.41, 5.74) is -0.232. The van der Waals surface area contributed by atoms with E-state index < -0.39 is 18.4 Å². The predicted molar refractivity (Wildman–Crippen MR) is 39.8 cm³/mol. The average molecular weight is 190 g/mol. The standard InChI is InChI=1S/C7H8F2N2O2/c1-7(8,9)3-11-2-5(6(12)13)10-4-11/h2,4H,3H2,1H3,(H,12,13). The van der Waals surface area contributed by atoms with Gasteiger partial charge in [-0.25, -0.2) is 18.6 Å². The SMILES string of the molecule is CC(F)(F)Cn1cnc(C(=O)O)c1. The minimum Gasteiger partial charge on any atom is -0.476 e. The van der Waals surface area contributed by atoms with Crippen LogP contribution < -0.4 is 0 Å². The monoisotopic (exact) mass is 190 g/mol. The Morgan fingerprint density at radius 1 is 1.77 bits per heavy atom. The second-order valence-electron chi connectivity index (χ2n) is 2.81. The Balaban J connectivity index is 2.75. The van der Waals surface area contributed by atoms with Gasteiger partial charge in [-0.2, -0.15) is 0 Å². The van der Waals surface area contributed by atoms with E-state index >= 15 is 0 Å². The van der Waals surface area contributed by atoms with Crippen LogP contribution in [0.5, 0.6) is 0 Å². The van der Waals surface area contributed by atoms with Crippen molar-refractivity contribution < 1.29 is 18.7 Å². The second-order valence-corrected chi connectivity index (χ2v) is 2.81. The maximum atomic E-state index is 12.4. The van der Waals surface area contributed by atoms with Crippen LogP contribution in [0.4, 0.5) is 8.78 Å². The zero-order valence-corrected chi connectivity index (χ0v) is 6.87. The zero-order valence-electron chi connectivity index (χ0n) is 6.87. The Kier molecular flexibility index (Phi) is 2.31. The van der Waals surface area contributed by atoms with Crippen LogP contribution in [0, 0.1) is 0 Å². The van der Waals surface area contributed by atoms with Crippen molar-refractivity contribution in [3.8, 4) is 0 Å². The van der Waals surface area contributed by atoms with E-state index in [4.69, 9.17) is 5.11 Å². The van der Waals surface area contributed by atoms with Crippen molar-refractivity contribution in [3.05, 3.63) is 18.2 Å². The average Bonchev–Trinajstić information content (AvgIpc) is 2.31. The van der Waals surface area contributed by atoms with Crippen molar-refractivity contribution in [2.45, 2.75) is 19.4 Å². The largest absolute Gasteiger partial charge is 0.476 e. The fraction of sp³-hybridized carbons (Fsp3) is 0.429. The van der Waals surface area contributed by atoms with Crippen LogP contribution in [0.2, 0.25) is 0 Å². The van der Waals surface area contributed by atoms with Gasteiger partial charge in [-0.15, -0.1) is 0 Å². The van der Waals surface area contributed by atoms with Crippen LogP contribution in [-0.2, 0) is 6.54 Å². The van der Waals surface area contributed by atoms with Crippen LogP contribution in [-0.4, -0.2) is 26.5 Å². The van der Waals surface area contributed by atoms with E-state index in [2.05, 4.69) is 4.98 Å². The van der Waals surface area contributed by atoms with Gasteiger partial charge in [0.2, 0.25) is 0 Å². The first-order valence-corrected chi connectivity index (χ1v) is 3.51. The summed E-state index contributed by atoms with van der Waals surface area (Å²) < 4.78 is 25.9. The summed E-state index contributed by atoms with van der Waals surface area (Å²) in [5, 5.41) is 8.43. The van der Waals surface area contributed by atoms with Gasteiger partial charge < -0.3 is 9.67 Å². The van der Waals surface area contributed by atoms with Crippen LogP contribution in [0.1, 0.15) is 17.4 Å². The third-order valence-corrected chi connectivity index (χ3v) is 1.31. The van der Waals surface area contributed by atoms with E-state index in [9.17, 15) is 13.6 Å². The fourth-order valence-electron chi connectivity index (χ4n) is 0.878. The molecule has 1 aromatic rings. The van der Waals surface area contributed by atoms with E-state index in [1.165, 1.54) is 0 Å². The zero-order chi connectivity index (χ0) is 10.1. The van der Waals surface area contributed by atoms with Gasteiger partial charge in [-0.05, 0) is 0 Å². The van der Waals surface area contributed by atoms with Crippen LogP contribution >= 0.6 is 0 Å². The number of carbonyl (C=O) groups is 1. The first-order chi connectivity index (χ1) is 5.88. The van der Waals surface area contributed by atoms with E-state index in [0.29, 0.717) is 0 Å². The Bertz CT molecular complexity index is 317. The number of hydrogen-bond donors (Lipinski definition) is 1. The molecule has 0 saturated carbocycles. The number of aromatic nitrogens is 2. The molecule has 0 aliphatic heterocycles. The molecule has 0 saturated heterocycles. The Labute approximate surface area is 72.8 Å². The minimum atomic E-state index is -2.86. The molecular weight excluding hydrogens is 182 g/mol. The number of aromatic carboxylic acids is 1. The number of imidazole rings is 1. The highest BCUT2D eigenvalue weighted by Crippen LogP contribution is 2.14. The summed E-state index contributed by atoms with van der Waals surface area (Å²) in [6, 6.07) is 0. The predicted octanol–water partition coefficient (Wildman–Crippen LogP) is 1.24. The van der Waals surface area contributed by atoms with Gasteiger partial charge in [0.1, 0.15) is 0 Å². The van der Waals surface area contributed by atoms with Crippen LogP contribution in [0.25, 0.3) is 0 Å². The Morgan fingerprint density at radius 3 is 2.77 bits per heavy atom. The van der Waals surface area contributed by atoms with Gasteiger partial charge in [0.25, 0.3) is 5.92 Å². The number of rotatable bonds is 3. The number of alkyl halides is 2. The molecule has 0 spiro atoms. The third kappa shape index (κ3) is 2.81. The Hall–Kier alpha value is -1.46. The molecule has 0 radical (unpaired) electrons. The Morgan fingerprint density at radius 2 is 2.38 bits per heavy atom. The molecule has 1 N–H and O–H groups in total. The molecule has 1 rings (SSSR count). The molecule has 1 heterocycles. The number of carboxylic acids is 1. The number of carboxylic acid groups (broad SMARTS) is 1. The third-order valence-electron chi connectivity index (χ3n) is 1.31. The smallest absolute Gasteiger partial charge is 0.356 e. The van der Waals surface area contributed by atoms with E-state index in [0.717, 1.165) is 24.0 Å². The summed E-state index contributed by atoms with van der Waals surface area (Å²) in [4.78, 5) is 13.7. The maximum Gasteiger partial charge on any atom is 0.356 e. The molecule has 0 aromatic carbocycles. The van der Waals surface area contributed by atoms with E-state index in [1.807, 2.05) is 0 Å². The van der Waals surface area contributed by atoms with Crippen molar-refractivity contribution in [2.75, 3.05) is 0 Å². The summed E-state index contributed by atoms with van der Waals surface area (Å²) in [7, 11) is 0. The topological polar surface area (TPSA) is 55.1 Å². The lowest BCUT2D eigenvalue weighted by Gasteiger charge is -2.09. The molecule has 0 unspecified atom stereocenters. The van der Waals surface area contributed by atoms with Crippen LogP contribution in [0.3, 0.4) is 0 Å². The molecule has 13 heavy (non-hydrogen) atoms. The normalized spacial score (nSPS) is 11.6. The van der Waals surface area contributed by atoms with Crippen molar-refractivity contribution in [3.63, 3.8) is 0 Å². The number of hydrogen-bond acceptors (Lipinski definition) is 2. The highest BCUT2D eigenvalue weighted by Gasteiger charge is 2.22. The highest BCUT2D eigenvalue weighted by atomic mass is 19.3. The molecule has 0 aliphatic rings. The molecule has 4 nitrogen and oxygen atoms in total. The van der Waals surface area contributed by atoms with Crippen LogP contribution in [0.15, 0.2) is 12.5 Å².